The van der Waals surface area contributed by atoms with E-state index in [9.17, 15) is 4.79 Å². The molecule has 1 amide bonds. The van der Waals surface area contributed by atoms with E-state index in [2.05, 4.69) is 26.3 Å². The number of carbonyl (C=O) groups excluding carboxylic acids is 1. The quantitative estimate of drug-likeness (QED) is 0.942. The van der Waals surface area contributed by atoms with Crippen LogP contribution in [0, 0.1) is 6.92 Å². The van der Waals surface area contributed by atoms with Gasteiger partial charge >= 0.3 is 0 Å². The minimum atomic E-state index is -0.0750. The van der Waals surface area contributed by atoms with Gasteiger partial charge in [0.2, 0.25) is 0 Å². The second-order valence-electron chi connectivity index (χ2n) is 4.01. The minimum absolute atomic E-state index is 0.0750. The molecule has 0 aliphatic carbocycles. The van der Waals surface area contributed by atoms with Crippen molar-refractivity contribution < 1.29 is 4.79 Å². The summed E-state index contributed by atoms with van der Waals surface area (Å²) in [5, 5.41) is 6.94. The number of nitrogens with zero attached hydrogens (tertiary/aromatic N) is 2. The van der Waals surface area contributed by atoms with E-state index in [1.54, 1.807) is 10.9 Å². The van der Waals surface area contributed by atoms with Crippen molar-refractivity contribution in [2.24, 2.45) is 0 Å². The van der Waals surface area contributed by atoms with Crippen LogP contribution in [0.2, 0.25) is 0 Å². The molecule has 0 unspecified atom stereocenters. The predicted octanol–water partition coefficient (Wildman–Crippen LogP) is 2.38. The van der Waals surface area contributed by atoms with Crippen LogP contribution < -0.4 is 5.32 Å². The Morgan fingerprint density at radius 3 is 3.00 bits per heavy atom. The van der Waals surface area contributed by atoms with Gasteiger partial charge in [-0.25, -0.2) is 0 Å². The zero-order valence-electron chi connectivity index (χ0n) is 10.1. The molecular formula is C13H14BrN3O. The molecule has 1 heterocycles. The SMILES string of the molecule is Cc1ccc(C(=O)NCCn2cccn2)c(Br)c1. The molecule has 0 aliphatic heterocycles. The molecule has 1 aromatic heterocycles. The highest BCUT2D eigenvalue weighted by atomic mass is 79.9. The molecule has 0 saturated heterocycles. The lowest BCUT2D eigenvalue weighted by Gasteiger charge is -2.07. The smallest absolute Gasteiger partial charge is 0.252 e. The standard InChI is InChI=1S/C13H14BrN3O/c1-10-3-4-11(12(14)9-10)13(18)15-6-8-17-7-2-5-16-17/h2-5,7,9H,6,8H2,1H3,(H,15,18). The van der Waals surface area contributed by atoms with Gasteiger partial charge in [0.25, 0.3) is 5.91 Å². The number of aryl methyl sites for hydroxylation is 1. The molecule has 0 bridgehead atoms. The largest absolute Gasteiger partial charge is 0.350 e. The highest BCUT2D eigenvalue weighted by molar-refractivity contribution is 9.10. The fraction of sp³-hybridized carbons (Fsp3) is 0.231. The number of amides is 1. The van der Waals surface area contributed by atoms with Gasteiger partial charge < -0.3 is 5.32 Å². The summed E-state index contributed by atoms with van der Waals surface area (Å²) in [5.74, 6) is -0.0750. The van der Waals surface area contributed by atoms with E-state index in [0.717, 1.165) is 10.0 Å². The predicted molar refractivity (Wildman–Crippen MR) is 73.4 cm³/mol. The summed E-state index contributed by atoms with van der Waals surface area (Å²) in [5.41, 5.74) is 1.77. The van der Waals surface area contributed by atoms with Crippen molar-refractivity contribution in [1.82, 2.24) is 15.1 Å². The Morgan fingerprint density at radius 2 is 2.33 bits per heavy atom. The van der Waals surface area contributed by atoms with Crippen LogP contribution in [0.5, 0.6) is 0 Å². The van der Waals surface area contributed by atoms with E-state index in [1.165, 1.54) is 0 Å². The fourth-order valence-corrected chi connectivity index (χ4v) is 2.29. The lowest BCUT2D eigenvalue weighted by Crippen LogP contribution is -2.27. The number of nitrogens with one attached hydrogen (secondary N) is 1. The van der Waals surface area contributed by atoms with Crippen LogP contribution >= 0.6 is 15.9 Å². The molecule has 0 radical (unpaired) electrons. The molecule has 94 valence electrons. The van der Waals surface area contributed by atoms with Crippen molar-refractivity contribution in [2.75, 3.05) is 6.54 Å². The van der Waals surface area contributed by atoms with E-state index < -0.39 is 0 Å². The molecule has 2 aromatic rings. The van der Waals surface area contributed by atoms with Crippen LogP contribution in [0.3, 0.4) is 0 Å². The summed E-state index contributed by atoms with van der Waals surface area (Å²) in [6, 6.07) is 7.54. The fourth-order valence-electron chi connectivity index (χ4n) is 1.62. The Bertz CT molecular complexity index is 537. The molecule has 0 aliphatic rings. The molecule has 1 N–H and O–H groups in total. The van der Waals surface area contributed by atoms with Crippen LogP contribution in [0.1, 0.15) is 15.9 Å². The minimum Gasteiger partial charge on any atom is -0.350 e. The number of hydrogen-bond donors (Lipinski definition) is 1. The monoisotopic (exact) mass is 307 g/mol. The van der Waals surface area contributed by atoms with Gasteiger partial charge in [-0.1, -0.05) is 6.07 Å². The molecule has 0 fully saturated rings. The summed E-state index contributed by atoms with van der Waals surface area (Å²) in [7, 11) is 0. The highest BCUT2D eigenvalue weighted by Gasteiger charge is 2.08. The van der Waals surface area contributed by atoms with Crippen molar-refractivity contribution in [1.29, 1.82) is 0 Å². The van der Waals surface area contributed by atoms with E-state index in [4.69, 9.17) is 0 Å². The normalized spacial score (nSPS) is 10.3. The third kappa shape index (κ3) is 3.20. The maximum absolute atomic E-state index is 11.9. The van der Waals surface area contributed by atoms with Crippen molar-refractivity contribution in [3.05, 3.63) is 52.3 Å². The van der Waals surface area contributed by atoms with Crippen LogP contribution in [0.4, 0.5) is 0 Å². The first kappa shape index (κ1) is 12.8. The van der Waals surface area contributed by atoms with Crippen LogP contribution in [0.15, 0.2) is 41.1 Å². The average Bonchev–Trinajstić information content (AvgIpc) is 2.81. The number of hydrogen-bond acceptors (Lipinski definition) is 2. The molecule has 5 heteroatoms. The molecule has 18 heavy (non-hydrogen) atoms. The molecular weight excluding hydrogens is 294 g/mol. The second kappa shape index (κ2) is 5.82. The maximum atomic E-state index is 11.9. The van der Waals surface area contributed by atoms with Crippen molar-refractivity contribution in [3.8, 4) is 0 Å². The Hall–Kier alpha value is -1.62. The molecule has 0 saturated carbocycles. The molecule has 2 rings (SSSR count). The molecule has 0 atom stereocenters. The average molecular weight is 308 g/mol. The lowest BCUT2D eigenvalue weighted by atomic mass is 10.1. The number of benzene rings is 1. The van der Waals surface area contributed by atoms with Crippen LogP contribution in [-0.2, 0) is 6.54 Å². The van der Waals surface area contributed by atoms with Gasteiger partial charge in [0.1, 0.15) is 0 Å². The van der Waals surface area contributed by atoms with E-state index in [-0.39, 0.29) is 5.91 Å². The van der Waals surface area contributed by atoms with E-state index in [1.807, 2.05) is 37.4 Å². The van der Waals surface area contributed by atoms with Crippen molar-refractivity contribution >= 4 is 21.8 Å². The zero-order valence-corrected chi connectivity index (χ0v) is 11.6. The van der Waals surface area contributed by atoms with Gasteiger partial charge in [-0.15, -0.1) is 0 Å². The number of aromatic nitrogens is 2. The van der Waals surface area contributed by atoms with Crippen molar-refractivity contribution in [2.45, 2.75) is 13.5 Å². The first-order valence-electron chi connectivity index (χ1n) is 5.68. The molecule has 4 nitrogen and oxygen atoms in total. The summed E-state index contributed by atoms with van der Waals surface area (Å²) in [4.78, 5) is 11.9. The van der Waals surface area contributed by atoms with Gasteiger partial charge in [-0.2, -0.15) is 5.10 Å². The van der Waals surface area contributed by atoms with Gasteiger partial charge in [-0.05, 0) is 46.6 Å². The van der Waals surface area contributed by atoms with Gasteiger partial charge in [-0.3, -0.25) is 9.48 Å². The molecule has 1 aromatic carbocycles. The Labute approximate surface area is 114 Å². The first-order chi connectivity index (χ1) is 8.66. The summed E-state index contributed by atoms with van der Waals surface area (Å²) in [6.07, 6.45) is 3.59. The van der Waals surface area contributed by atoms with Crippen LogP contribution in [-0.4, -0.2) is 22.2 Å². The van der Waals surface area contributed by atoms with Crippen LogP contribution in [0.25, 0.3) is 0 Å². The summed E-state index contributed by atoms with van der Waals surface area (Å²) >= 11 is 3.40. The topological polar surface area (TPSA) is 46.9 Å². The number of halogens is 1. The number of carbonyl (C=O) groups is 1. The first-order valence-corrected chi connectivity index (χ1v) is 6.48. The van der Waals surface area contributed by atoms with Crippen molar-refractivity contribution in [3.63, 3.8) is 0 Å². The van der Waals surface area contributed by atoms with E-state index >= 15 is 0 Å². The van der Waals surface area contributed by atoms with Gasteiger partial charge in [0.05, 0.1) is 12.1 Å². The third-order valence-electron chi connectivity index (χ3n) is 2.55. The Balaban J connectivity index is 1.91. The number of rotatable bonds is 4. The van der Waals surface area contributed by atoms with Gasteiger partial charge in [0, 0.05) is 23.4 Å². The maximum Gasteiger partial charge on any atom is 0.252 e. The Morgan fingerprint density at radius 1 is 1.50 bits per heavy atom. The van der Waals surface area contributed by atoms with E-state index in [0.29, 0.717) is 18.7 Å². The third-order valence-corrected chi connectivity index (χ3v) is 3.21. The molecule has 0 spiro atoms. The summed E-state index contributed by atoms with van der Waals surface area (Å²) in [6.45, 7) is 3.22. The van der Waals surface area contributed by atoms with Gasteiger partial charge in [0.15, 0.2) is 0 Å². The lowest BCUT2D eigenvalue weighted by molar-refractivity contribution is 0.0951. The second-order valence-corrected chi connectivity index (χ2v) is 4.86. The Kier molecular flexibility index (Phi) is 4.15. The zero-order chi connectivity index (χ0) is 13.0. The highest BCUT2D eigenvalue weighted by Crippen LogP contribution is 2.17. The summed E-state index contributed by atoms with van der Waals surface area (Å²) < 4.78 is 2.60.